The molecular weight excluding hydrogens is 513 g/mol. The van der Waals surface area contributed by atoms with Crippen LogP contribution in [-0.4, -0.2) is 38.4 Å². The molecule has 0 saturated carbocycles. The van der Waals surface area contributed by atoms with E-state index in [2.05, 4.69) is 81.6 Å². The maximum absolute atomic E-state index is 4.73. The molecule has 0 aliphatic carbocycles. The van der Waals surface area contributed by atoms with E-state index in [1.54, 1.807) is 6.20 Å². The van der Waals surface area contributed by atoms with Gasteiger partial charge in [-0.05, 0) is 56.2 Å². The Morgan fingerprint density at radius 2 is 1.84 bits per heavy atom. The molecule has 0 spiro atoms. The normalized spacial score (nSPS) is 11.4. The number of hydrogen-bond donors (Lipinski definition) is 2. The lowest BCUT2D eigenvalue weighted by Gasteiger charge is -2.12. The highest BCUT2D eigenvalue weighted by atomic mass is 127. The maximum atomic E-state index is 4.73. The largest absolute Gasteiger partial charge is 0.357 e. The molecule has 2 N–H and O–H groups in total. The minimum Gasteiger partial charge on any atom is -0.357 e. The predicted molar refractivity (Wildman–Crippen MR) is 141 cm³/mol. The minimum absolute atomic E-state index is 0. The number of halogens is 1. The Bertz CT molecular complexity index is 1130. The van der Waals surface area contributed by atoms with Crippen molar-refractivity contribution in [2.75, 3.05) is 13.1 Å². The van der Waals surface area contributed by atoms with E-state index in [0.717, 1.165) is 54.6 Å². The average Bonchev–Trinajstić information content (AvgIpc) is 3.43. The minimum atomic E-state index is 0. The van der Waals surface area contributed by atoms with Gasteiger partial charge in [0.15, 0.2) is 5.96 Å². The van der Waals surface area contributed by atoms with Gasteiger partial charge in [0.05, 0.1) is 23.3 Å². The Morgan fingerprint density at radius 3 is 2.59 bits per heavy atom. The van der Waals surface area contributed by atoms with Crippen LogP contribution >= 0.6 is 24.0 Å². The lowest BCUT2D eigenvalue weighted by molar-refractivity contribution is 0.624. The molecule has 0 unspecified atom stereocenters. The van der Waals surface area contributed by atoms with E-state index in [1.807, 2.05) is 23.0 Å². The number of benzene rings is 2. The summed E-state index contributed by atoms with van der Waals surface area (Å²) in [6, 6.07) is 18.5. The van der Waals surface area contributed by atoms with Crippen LogP contribution in [0.1, 0.15) is 24.7 Å². The van der Waals surface area contributed by atoms with Gasteiger partial charge in [-0.25, -0.2) is 14.7 Å². The van der Waals surface area contributed by atoms with Gasteiger partial charge >= 0.3 is 0 Å². The van der Waals surface area contributed by atoms with Gasteiger partial charge in [-0.15, -0.1) is 24.0 Å². The summed E-state index contributed by atoms with van der Waals surface area (Å²) in [7, 11) is 0. The molecule has 168 valence electrons. The third kappa shape index (κ3) is 5.87. The lowest BCUT2D eigenvalue weighted by Crippen LogP contribution is -2.38. The first-order valence-corrected chi connectivity index (χ1v) is 10.8. The van der Waals surface area contributed by atoms with Gasteiger partial charge in [0, 0.05) is 32.0 Å². The number of nitrogens with one attached hydrogen (secondary N) is 2. The van der Waals surface area contributed by atoms with Gasteiger partial charge < -0.3 is 15.2 Å². The van der Waals surface area contributed by atoms with Crippen LogP contribution in [0.4, 0.5) is 0 Å². The van der Waals surface area contributed by atoms with Gasteiger partial charge in [0.25, 0.3) is 0 Å². The molecule has 2 aromatic heterocycles. The van der Waals surface area contributed by atoms with Crippen molar-refractivity contribution in [1.29, 1.82) is 0 Å². The van der Waals surface area contributed by atoms with Gasteiger partial charge in [-0.2, -0.15) is 5.10 Å². The molecule has 7 nitrogen and oxygen atoms in total. The molecule has 0 atom stereocenters. The molecule has 0 radical (unpaired) electrons. The van der Waals surface area contributed by atoms with Crippen LogP contribution in [0.5, 0.6) is 0 Å². The van der Waals surface area contributed by atoms with E-state index in [-0.39, 0.29) is 24.0 Å². The second-order valence-corrected chi connectivity index (χ2v) is 7.39. The Hall–Kier alpha value is -2.88. The summed E-state index contributed by atoms with van der Waals surface area (Å²) in [5.41, 5.74) is 4.46. The molecule has 4 rings (SSSR count). The van der Waals surface area contributed by atoms with Crippen molar-refractivity contribution in [1.82, 2.24) is 30.0 Å². The fourth-order valence-corrected chi connectivity index (χ4v) is 3.61. The smallest absolute Gasteiger partial charge is 0.191 e. The van der Waals surface area contributed by atoms with E-state index >= 15 is 0 Å². The average molecular weight is 543 g/mol. The standard InChI is InChI=1S/C24H29N7.HI/c1-3-25-24(27-18-20-10-12-21(13-11-20)31-17-7-15-28-31)26-14-6-16-30-19(2)29-22-8-4-5-9-23(22)30;/h4-5,7-13,15,17H,3,6,14,16,18H2,1-2H3,(H2,25,26,27);1H. The second-order valence-electron chi connectivity index (χ2n) is 7.39. The van der Waals surface area contributed by atoms with Crippen molar-refractivity contribution in [2.24, 2.45) is 4.99 Å². The summed E-state index contributed by atoms with van der Waals surface area (Å²) in [4.78, 5) is 9.37. The second kappa shape index (κ2) is 11.7. The number of imidazole rings is 1. The van der Waals surface area contributed by atoms with Gasteiger partial charge in [-0.3, -0.25) is 0 Å². The Morgan fingerprint density at radius 1 is 1.03 bits per heavy atom. The van der Waals surface area contributed by atoms with E-state index in [4.69, 9.17) is 4.99 Å². The maximum Gasteiger partial charge on any atom is 0.191 e. The summed E-state index contributed by atoms with van der Waals surface area (Å²) in [5, 5.41) is 11.0. The highest BCUT2D eigenvalue weighted by Gasteiger charge is 2.06. The molecule has 8 heteroatoms. The van der Waals surface area contributed by atoms with Crippen molar-refractivity contribution < 1.29 is 0 Å². The molecule has 2 aromatic carbocycles. The van der Waals surface area contributed by atoms with E-state index in [0.29, 0.717) is 6.54 Å². The highest BCUT2D eigenvalue weighted by molar-refractivity contribution is 14.0. The first-order chi connectivity index (χ1) is 15.2. The third-order valence-corrected chi connectivity index (χ3v) is 5.17. The van der Waals surface area contributed by atoms with Crippen molar-refractivity contribution in [3.8, 4) is 5.69 Å². The summed E-state index contributed by atoms with van der Waals surface area (Å²) in [6.07, 6.45) is 4.71. The molecular formula is C24H30IN7. The lowest BCUT2D eigenvalue weighted by atomic mass is 10.2. The van der Waals surface area contributed by atoms with Crippen LogP contribution < -0.4 is 10.6 Å². The van der Waals surface area contributed by atoms with Gasteiger partial charge in [0.1, 0.15) is 5.82 Å². The van der Waals surface area contributed by atoms with Crippen LogP contribution in [0, 0.1) is 6.92 Å². The van der Waals surface area contributed by atoms with Crippen molar-refractivity contribution >= 4 is 41.0 Å². The van der Waals surface area contributed by atoms with Gasteiger partial charge in [0.2, 0.25) is 0 Å². The molecule has 0 fully saturated rings. The number of aryl methyl sites for hydroxylation is 2. The number of para-hydroxylation sites is 2. The predicted octanol–water partition coefficient (Wildman–Crippen LogP) is 4.29. The number of fused-ring (bicyclic) bond motifs is 1. The summed E-state index contributed by atoms with van der Waals surface area (Å²) in [6.45, 7) is 7.37. The molecule has 2 heterocycles. The third-order valence-electron chi connectivity index (χ3n) is 5.17. The first-order valence-electron chi connectivity index (χ1n) is 10.8. The van der Waals surface area contributed by atoms with Crippen molar-refractivity contribution in [3.63, 3.8) is 0 Å². The Labute approximate surface area is 206 Å². The topological polar surface area (TPSA) is 72.1 Å². The summed E-state index contributed by atoms with van der Waals surface area (Å²) in [5.74, 6) is 1.89. The Kier molecular flexibility index (Phi) is 8.66. The Balaban J connectivity index is 0.00000289. The van der Waals surface area contributed by atoms with Crippen molar-refractivity contribution in [3.05, 3.63) is 78.4 Å². The summed E-state index contributed by atoms with van der Waals surface area (Å²) >= 11 is 0. The fourth-order valence-electron chi connectivity index (χ4n) is 3.61. The number of aliphatic imine (C=N–C) groups is 1. The number of rotatable bonds is 8. The molecule has 32 heavy (non-hydrogen) atoms. The monoisotopic (exact) mass is 543 g/mol. The van der Waals surface area contributed by atoms with E-state index in [9.17, 15) is 0 Å². The number of nitrogens with zero attached hydrogens (tertiary/aromatic N) is 5. The summed E-state index contributed by atoms with van der Waals surface area (Å²) < 4.78 is 4.13. The van der Waals surface area contributed by atoms with Crippen LogP contribution in [0.2, 0.25) is 0 Å². The number of guanidine groups is 1. The molecule has 0 bridgehead atoms. The highest BCUT2D eigenvalue weighted by Crippen LogP contribution is 2.15. The van der Waals surface area contributed by atoms with Gasteiger partial charge in [-0.1, -0.05) is 24.3 Å². The van der Waals surface area contributed by atoms with Crippen LogP contribution in [0.25, 0.3) is 16.7 Å². The zero-order chi connectivity index (χ0) is 21.5. The fraction of sp³-hybridized carbons (Fsp3) is 0.292. The molecule has 0 aliphatic rings. The molecule has 0 aliphatic heterocycles. The van der Waals surface area contributed by atoms with E-state index < -0.39 is 0 Å². The van der Waals surface area contributed by atoms with Crippen LogP contribution in [-0.2, 0) is 13.1 Å². The zero-order valence-corrected chi connectivity index (χ0v) is 20.9. The molecule has 0 saturated heterocycles. The van der Waals surface area contributed by atoms with Crippen LogP contribution in [0.15, 0.2) is 72.0 Å². The first kappa shape index (κ1) is 23.8. The molecule has 0 amide bonds. The SMILES string of the molecule is CCNC(=NCc1ccc(-n2cccn2)cc1)NCCCn1c(C)nc2ccccc21.I. The molecule has 4 aromatic rings. The quantitative estimate of drug-likeness (QED) is 0.151. The zero-order valence-electron chi connectivity index (χ0n) is 18.5. The number of aromatic nitrogens is 4. The van der Waals surface area contributed by atoms with Crippen LogP contribution in [0.3, 0.4) is 0 Å². The number of hydrogen-bond acceptors (Lipinski definition) is 3. The van der Waals surface area contributed by atoms with Crippen molar-refractivity contribution in [2.45, 2.75) is 33.4 Å². The van der Waals surface area contributed by atoms with E-state index in [1.165, 1.54) is 5.52 Å².